The molecule has 1 fully saturated rings. The van der Waals surface area contributed by atoms with Gasteiger partial charge in [-0.05, 0) is 25.3 Å². The molecule has 2 rings (SSSR count). The number of rotatable bonds is 6. The molecular weight excluding hydrogens is 308 g/mol. The van der Waals surface area contributed by atoms with Crippen LogP contribution in [0.15, 0.2) is 30.3 Å². The average molecular weight is 337 g/mol. The quantitative estimate of drug-likeness (QED) is 0.866. The summed E-state index contributed by atoms with van der Waals surface area (Å²) in [5.74, 6) is 1.79. The number of nitrogens with zero attached hydrogens (tertiary/aromatic N) is 1. The lowest BCUT2D eigenvalue weighted by molar-refractivity contribution is -0.122. The maximum atomic E-state index is 12.2. The zero-order chi connectivity index (χ0) is 16.9. The van der Waals surface area contributed by atoms with Crippen LogP contribution >= 0.6 is 0 Å². The van der Waals surface area contributed by atoms with Gasteiger partial charge in [-0.25, -0.2) is 0 Å². The van der Waals surface area contributed by atoms with Crippen LogP contribution in [0.5, 0.6) is 0 Å². The first-order valence-electron chi connectivity index (χ1n) is 8.30. The van der Waals surface area contributed by atoms with E-state index in [-0.39, 0.29) is 17.4 Å². The molecule has 1 aliphatic heterocycles. The first-order valence-corrected chi connectivity index (χ1v) is 9.79. The molecule has 1 atom stereocenters. The van der Waals surface area contributed by atoms with Crippen LogP contribution in [0.25, 0.3) is 0 Å². The zero-order valence-electron chi connectivity index (χ0n) is 14.4. The Kier molecular flexibility index (Phi) is 6.36. The van der Waals surface area contributed by atoms with E-state index in [1.807, 2.05) is 18.2 Å². The van der Waals surface area contributed by atoms with Gasteiger partial charge in [-0.2, -0.15) is 0 Å². The molecule has 0 bridgehead atoms. The minimum Gasteiger partial charge on any atom is -0.354 e. The third-order valence-electron chi connectivity index (χ3n) is 4.61. The van der Waals surface area contributed by atoms with Gasteiger partial charge in [0.05, 0.1) is 0 Å². The predicted octanol–water partition coefficient (Wildman–Crippen LogP) is 2.14. The number of nitrogens with one attached hydrogen (secondary N) is 1. The van der Waals surface area contributed by atoms with Crippen LogP contribution in [-0.4, -0.2) is 51.7 Å². The van der Waals surface area contributed by atoms with Crippen LogP contribution in [0.4, 0.5) is 0 Å². The Labute approximate surface area is 142 Å². The van der Waals surface area contributed by atoms with Gasteiger partial charge in [0.25, 0.3) is 0 Å². The Bertz CT molecular complexity index is 535. The SMILES string of the molecule is CC(CC(=O)NCC(C)(C)N1CCS(=O)CC1)c1ccccc1. The second-order valence-corrected chi connectivity index (χ2v) is 8.64. The fourth-order valence-corrected chi connectivity index (χ4v) is 3.97. The minimum absolute atomic E-state index is 0.0926. The van der Waals surface area contributed by atoms with Crippen LogP contribution in [-0.2, 0) is 15.6 Å². The van der Waals surface area contributed by atoms with Gasteiger partial charge in [0, 0.05) is 53.9 Å². The highest BCUT2D eigenvalue weighted by Gasteiger charge is 2.30. The molecule has 0 radical (unpaired) electrons. The van der Waals surface area contributed by atoms with E-state index in [0.717, 1.165) is 24.6 Å². The fraction of sp³-hybridized carbons (Fsp3) is 0.611. The van der Waals surface area contributed by atoms with Crippen LogP contribution < -0.4 is 5.32 Å². The number of hydrogen-bond acceptors (Lipinski definition) is 3. The van der Waals surface area contributed by atoms with Gasteiger partial charge in [-0.1, -0.05) is 37.3 Å². The van der Waals surface area contributed by atoms with Crippen LogP contribution in [0.2, 0.25) is 0 Å². The summed E-state index contributed by atoms with van der Waals surface area (Å²) in [6.45, 7) is 8.68. The highest BCUT2D eigenvalue weighted by molar-refractivity contribution is 7.85. The molecule has 0 aliphatic carbocycles. The number of amides is 1. The minimum atomic E-state index is -0.666. The molecule has 23 heavy (non-hydrogen) atoms. The molecule has 1 unspecified atom stereocenters. The summed E-state index contributed by atoms with van der Waals surface area (Å²) in [4.78, 5) is 14.6. The van der Waals surface area contributed by atoms with Crippen molar-refractivity contribution in [2.45, 2.75) is 38.6 Å². The third-order valence-corrected chi connectivity index (χ3v) is 5.89. The van der Waals surface area contributed by atoms with Crippen molar-refractivity contribution in [2.75, 3.05) is 31.1 Å². The van der Waals surface area contributed by atoms with E-state index in [1.165, 1.54) is 5.56 Å². The molecule has 1 aromatic carbocycles. The van der Waals surface area contributed by atoms with E-state index in [1.54, 1.807) is 0 Å². The predicted molar refractivity (Wildman–Crippen MR) is 96.0 cm³/mol. The Morgan fingerprint density at radius 3 is 2.48 bits per heavy atom. The molecule has 1 N–H and O–H groups in total. The molecule has 0 spiro atoms. The summed E-state index contributed by atoms with van der Waals surface area (Å²) in [6, 6.07) is 10.1. The Morgan fingerprint density at radius 2 is 1.87 bits per heavy atom. The maximum Gasteiger partial charge on any atom is 0.220 e. The van der Waals surface area contributed by atoms with Crippen LogP contribution in [0.1, 0.15) is 38.7 Å². The maximum absolute atomic E-state index is 12.2. The van der Waals surface area contributed by atoms with Gasteiger partial charge < -0.3 is 5.32 Å². The summed E-state index contributed by atoms with van der Waals surface area (Å²) < 4.78 is 11.5. The summed E-state index contributed by atoms with van der Waals surface area (Å²) in [6.07, 6.45) is 0.504. The van der Waals surface area contributed by atoms with Gasteiger partial charge in [-0.3, -0.25) is 13.9 Å². The van der Waals surface area contributed by atoms with Crippen molar-refractivity contribution in [3.63, 3.8) is 0 Å². The third kappa shape index (κ3) is 5.43. The molecular formula is C18H28N2O2S. The standard InChI is InChI=1S/C18H28N2O2S/c1-15(16-7-5-4-6-8-16)13-17(21)19-14-18(2,3)20-9-11-23(22)12-10-20/h4-8,15H,9-14H2,1-3H3,(H,19,21). The molecule has 0 aromatic heterocycles. The highest BCUT2D eigenvalue weighted by Crippen LogP contribution is 2.19. The Balaban J connectivity index is 1.80. The monoisotopic (exact) mass is 336 g/mol. The van der Waals surface area contributed by atoms with Crippen molar-refractivity contribution >= 4 is 16.7 Å². The van der Waals surface area contributed by atoms with Gasteiger partial charge in [0.1, 0.15) is 0 Å². The van der Waals surface area contributed by atoms with Gasteiger partial charge >= 0.3 is 0 Å². The molecule has 4 nitrogen and oxygen atoms in total. The van der Waals surface area contributed by atoms with Crippen molar-refractivity contribution in [1.82, 2.24) is 10.2 Å². The first kappa shape index (κ1) is 18.1. The number of carbonyl (C=O) groups excluding carboxylic acids is 1. The lowest BCUT2D eigenvalue weighted by atomic mass is 9.97. The smallest absolute Gasteiger partial charge is 0.220 e. The zero-order valence-corrected chi connectivity index (χ0v) is 15.2. The molecule has 1 heterocycles. The first-order chi connectivity index (χ1) is 10.9. The molecule has 1 saturated heterocycles. The van der Waals surface area contributed by atoms with E-state index in [9.17, 15) is 9.00 Å². The largest absolute Gasteiger partial charge is 0.354 e. The normalized spacial score (nSPS) is 18.6. The van der Waals surface area contributed by atoms with E-state index < -0.39 is 10.8 Å². The lowest BCUT2D eigenvalue weighted by Crippen LogP contribution is -2.55. The molecule has 1 amide bonds. The van der Waals surface area contributed by atoms with Crippen molar-refractivity contribution in [3.8, 4) is 0 Å². The second kappa shape index (κ2) is 8.06. The lowest BCUT2D eigenvalue weighted by Gasteiger charge is -2.40. The van der Waals surface area contributed by atoms with Gasteiger partial charge in [0.15, 0.2) is 0 Å². The van der Waals surface area contributed by atoms with Gasteiger partial charge in [0.2, 0.25) is 5.91 Å². The van der Waals surface area contributed by atoms with E-state index >= 15 is 0 Å². The number of hydrogen-bond donors (Lipinski definition) is 1. The van der Waals surface area contributed by atoms with Gasteiger partial charge in [-0.15, -0.1) is 0 Å². The van der Waals surface area contributed by atoms with Crippen molar-refractivity contribution in [2.24, 2.45) is 0 Å². The molecule has 1 aliphatic rings. The van der Waals surface area contributed by atoms with Crippen LogP contribution in [0, 0.1) is 0 Å². The average Bonchev–Trinajstić information content (AvgIpc) is 2.54. The number of benzene rings is 1. The Hall–Kier alpha value is -1.20. The number of carbonyl (C=O) groups is 1. The molecule has 5 heteroatoms. The molecule has 128 valence electrons. The summed E-state index contributed by atoms with van der Waals surface area (Å²) in [7, 11) is -0.666. The summed E-state index contributed by atoms with van der Waals surface area (Å²) in [5.41, 5.74) is 1.09. The highest BCUT2D eigenvalue weighted by atomic mass is 32.2. The van der Waals surface area contributed by atoms with Crippen molar-refractivity contribution < 1.29 is 9.00 Å². The second-order valence-electron chi connectivity index (χ2n) is 6.94. The molecule has 1 aromatic rings. The van der Waals surface area contributed by atoms with E-state index in [0.29, 0.717) is 13.0 Å². The summed E-state index contributed by atoms with van der Waals surface area (Å²) in [5, 5.41) is 3.08. The topological polar surface area (TPSA) is 49.4 Å². The van der Waals surface area contributed by atoms with Crippen molar-refractivity contribution in [3.05, 3.63) is 35.9 Å². The Morgan fingerprint density at radius 1 is 1.26 bits per heavy atom. The molecule has 0 saturated carbocycles. The van der Waals surface area contributed by atoms with Crippen molar-refractivity contribution in [1.29, 1.82) is 0 Å². The fourth-order valence-electron chi connectivity index (χ4n) is 2.92. The van der Waals surface area contributed by atoms with E-state index in [4.69, 9.17) is 0 Å². The summed E-state index contributed by atoms with van der Waals surface area (Å²) >= 11 is 0. The van der Waals surface area contributed by atoms with Crippen LogP contribution in [0.3, 0.4) is 0 Å². The van der Waals surface area contributed by atoms with E-state index in [2.05, 4.69) is 43.1 Å².